The fourth-order valence-corrected chi connectivity index (χ4v) is 1.48. The highest BCUT2D eigenvalue weighted by molar-refractivity contribution is 5.10. The Labute approximate surface area is 85.2 Å². The van der Waals surface area contributed by atoms with Crippen molar-refractivity contribution in [1.29, 1.82) is 0 Å². The molecule has 0 radical (unpaired) electrons. The zero-order chi connectivity index (χ0) is 10.7. The zero-order valence-electron chi connectivity index (χ0n) is 9.37. The van der Waals surface area contributed by atoms with E-state index in [0.29, 0.717) is 17.5 Å². The van der Waals surface area contributed by atoms with Crippen molar-refractivity contribution in [3.63, 3.8) is 0 Å². The maximum absolute atomic E-state index is 9.84. The molecule has 1 atom stereocenters. The van der Waals surface area contributed by atoms with Gasteiger partial charge in [-0.3, -0.25) is 0 Å². The molecule has 80 valence electrons. The van der Waals surface area contributed by atoms with Crippen LogP contribution in [0.25, 0.3) is 0 Å². The third-order valence-corrected chi connectivity index (χ3v) is 2.27. The second-order valence-corrected chi connectivity index (χ2v) is 4.16. The molecule has 0 saturated heterocycles. The molecule has 0 saturated carbocycles. The summed E-state index contributed by atoms with van der Waals surface area (Å²) >= 11 is 0. The van der Waals surface area contributed by atoms with E-state index in [9.17, 15) is 5.11 Å². The monoisotopic (exact) mass is 197 g/mol. The van der Waals surface area contributed by atoms with Crippen molar-refractivity contribution in [2.45, 2.75) is 46.6 Å². The number of hydrogen-bond donors (Lipinski definition) is 1. The van der Waals surface area contributed by atoms with Gasteiger partial charge >= 0.3 is 0 Å². The maximum Gasteiger partial charge on any atom is 0.191 e. The molecule has 0 aliphatic carbocycles. The molecular weight excluding hydrogens is 178 g/mol. The first-order valence-electron chi connectivity index (χ1n) is 5.12. The summed E-state index contributed by atoms with van der Waals surface area (Å²) in [6.07, 6.45) is 1.28. The van der Waals surface area contributed by atoms with E-state index >= 15 is 0 Å². The Morgan fingerprint density at radius 2 is 1.93 bits per heavy atom. The number of aryl methyl sites for hydroxylation is 2. The summed E-state index contributed by atoms with van der Waals surface area (Å²) in [4.78, 5) is 4.17. The fraction of sp³-hybridized carbons (Fsp3) is 0.727. The Morgan fingerprint density at radius 3 is 2.36 bits per heavy atom. The minimum absolute atomic E-state index is 0.477. The largest absolute Gasteiger partial charge is 0.446 e. The SMILES string of the molecule is Cc1nc(C(O)CCC(C)C)c(C)o1. The molecule has 1 N–H and O–H groups in total. The van der Waals surface area contributed by atoms with Crippen LogP contribution in [0.3, 0.4) is 0 Å². The number of hydrogen-bond acceptors (Lipinski definition) is 3. The standard InChI is InChI=1S/C11H19NO2/c1-7(2)5-6-10(13)11-8(3)14-9(4)12-11/h7,10,13H,5-6H2,1-4H3. The number of aliphatic hydroxyl groups is 1. The van der Waals surface area contributed by atoms with Gasteiger partial charge in [-0.2, -0.15) is 0 Å². The summed E-state index contributed by atoms with van der Waals surface area (Å²) in [7, 11) is 0. The van der Waals surface area contributed by atoms with Gasteiger partial charge in [-0.25, -0.2) is 4.98 Å². The van der Waals surface area contributed by atoms with Gasteiger partial charge in [0.2, 0.25) is 0 Å². The van der Waals surface area contributed by atoms with Crippen LogP contribution in [-0.2, 0) is 0 Å². The van der Waals surface area contributed by atoms with Gasteiger partial charge in [-0.1, -0.05) is 13.8 Å². The van der Waals surface area contributed by atoms with E-state index in [2.05, 4.69) is 18.8 Å². The minimum Gasteiger partial charge on any atom is -0.446 e. The summed E-state index contributed by atoms with van der Waals surface area (Å²) in [5.41, 5.74) is 0.697. The smallest absolute Gasteiger partial charge is 0.191 e. The van der Waals surface area contributed by atoms with Gasteiger partial charge in [0.15, 0.2) is 5.89 Å². The van der Waals surface area contributed by atoms with Gasteiger partial charge in [0.25, 0.3) is 0 Å². The molecule has 0 aromatic carbocycles. The number of aliphatic hydroxyl groups excluding tert-OH is 1. The second-order valence-electron chi connectivity index (χ2n) is 4.16. The van der Waals surface area contributed by atoms with Crippen LogP contribution in [0.5, 0.6) is 0 Å². The molecule has 0 bridgehead atoms. The highest BCUT2D eigenvalue weighted by atomic mass is 16.4. The van der Waals surface area contributed by atoms with E-state index in [1.807, 2.05) is 6.92 Å². The Kier molecular flexibility index (Phi) is 3.69. The van der Waals surface area contributed by atoms with Gasteiger partial charge < -0.3 is 9.52 Å². The molecule has 14 heavy (non-hydrogen) atoms. The first-order chi connectivity index (χ1) is 6.50. The second kappa shape index (κ2) is 4.60. The molecule has 0 fully saturated rings. The Hall–Kier alpha value is -0.830. The van der Waals surface area contributed by atoms with Crippen LogP contribution in [-0.4, -0.2) is 10.1 Å². The number of rotatable bonds is 4. The topological polar surface area (TPSA) is 46.3 Å². The van der Waals surface area contributed by atoms with Crippen molar-refractivity contribution in [2.75, 3.05) is 0 Å². The number of aromatic nitrogens is 1. The minimum atomic E-state index is -0.477. The third kappa shape index (κ3) is 2.84. The summed E-state index contributed by atoms with van der Waals surface area (Å²) in [5.74, 6) is 1.97. The van der Waals surface area contributed by atoms with Crippen molar-refractivity contribution in [2.24, 2.45) is 5.92 Å². The summed E-state index contributed by atoms with van der Waals surface area (Å²) in [6.45, 7) is 7.93. The molecule has 1 unspecified atom stereocenters. The van der Waals surface area contributed by atoms with Crippen molar-refractivity contribution >= 4 is 0 Å². The van der Waals surface area contributed by atoms with E-state index < -0.39 is 6.10 Å². The van der Waals surface area contributed by atoms with Crippen molar-refractivity contribution in [3.8, 4) is 0 Å². The van der Waals surface area contributed by atoms with Crippen LogP contribution in [0.2, 0.25) is 0 Å². The van der Waals surface area contributed by atoms with Gasteiger partial charge in [-0.15, -0.1) is 0 Å². The Morgan fingerprint density at radius 1 is 1.29 bits per heavy atom. The predicted octanol–water partition coefficient (Wildman–Crippen LogP) is 2.76. The first kappa shape index (κ1) is 11.2. The van der Waals surface area contributed by atoms with E-state index in [4.69, 9.17) is 4.42 Å². The summed E-state index contributed by atoms with van der Waals surface area (Å²) < 4.78 is 5.27. The maximum atomic E-state index is 9.84. The lowest BCUT2D eigenvalue weighted by molar-refractivity contribution is 0.153. The average molecular weight is 197 g/mol. The summed E-state index contributed by atoms with van der Waals surface area (Å²) in [5, 5.41) is 9.84. The van der Waals surface area contributed by atoms with E-state index in [1.54, 1.807) is 6.92 Å². The average Bonchev–Trinajstić information content (AvgIpc) is 2.41. The van der Waals surface area contributed by atoms with Crippen LogP contribution < -0.4 is 0 Å². The first-order valence-corrected chi connectivity index (χ1v) is 5.12. The molecule has 1 aromatic heterocycles. The van der Waals surface area contributed by atoms with Crippen LogP contribution >= 0.6 is 0 Å². The van der Waals surface area contributed by atoms with Gasteiger partial charge in [-0.05, 0) is 25.7 Å². The molecule has 0 amide bonds. The fourth-order valence-electron chi connectivity index (χ4n) is 1.48. The van der Waals surface area contributed by atoms with Gasteiger partial charge in [0.05, 0.1) is 6.10 Å². The molecule has 0 spiro atoms. The lowest BCUT2D eigenvalue weighted by atomic mass is 10.0. The molecule has 3 heteroatoms. The van der Waals surface area contributed by atoms with Crippen molar-refractivity contribution < 1.29 is 9.52 Å². The molecule has 1 heterocycles. The lowest BCUT2D eigenvalue weighted by Crippen LogP contribution is -2.01. The lowest BCUT2D eigenvalue weighted by Gasteiger charge is -2.09. The van der Waals surface area contributed by atoms with Crippen LogP contribution in [0.4, 0.5) is 0 Å². The Bertz CT molecular complexity index is 291. The van der Waals surface area contributed by atoms with Crippen molar-refractivity contribution in [1.82, 2.24) is 4.98 Å². The van der Waals surface area contributed by atoms with E-state index in [0.717, 1.165) is 18.6 Å². The zero-order valence-corrected chi connectivity index (χ0v) is 9.37. The van der Waals surface area contributed by atoms with E-state index in [1.165, 1.54) is 0 Å². The molecule has 0 aliphatic rings. The molecule has 3 nitrogen and oxygen atoms in total. The molecular formula is C11H19NO2. The normalized spacial score (nSPS) is 13.6. The van der Waals surface area contributed by atoms with E-state index in [-0.39, 0.29) is 0 Å². The predicted molar refractivity (Wildman–Crippen MR) is 55.0 cm³/mol. The van der Waals surface area contributed by atoms with Crippen molar-refractivity contribution in [3.05, 3.63) is 17.3 Å². The summed E-state index contributed by atoms with van der Waals surface area (Å²) in [6, 6.07) is 0. The third-order valence-electron chi connectivity index (χ3n) is 2.27. The number of oxazole rings is 1. The van der Waals surface area contributed by atoms with Gasteiger partial charge in [0.1, 0.15) is 11.5 Å². The molecule has 1 rings (SSSR count). The molecule has 1 aromatic rings. The highest BCUT2D eigenvalue weighted by Crippen LogP contribution is 2.23. The quantitative estimate of drug-likeness (QED) is 0.807. The van der Waals surface area contributed by atoms with Crippen LogP contribution in [0.1, 0.15) is 50.1 Å². The molecule has 0 aliphatic heterocycles. The highest BCUT2D eigenvalue weighted by Gasteiger charge is 2.16. The Balaban J connectivity index is 2.60. The van der Waals surface area contributed by atoms with Crippen LogP contribution in [0, 0.1) is 19.8 Å². The van der Waals surface area contributed by atoms with Gasteiger partial charge in [0, 0.05) is 6.92 Å². The number of nitrogens with zero attached hydrogens (tertiary/aromatic N) is 1. The van der Waals surface area contributed by atoms with Crippen LogP contribution in [0.15, 0.2) is 4.42 Å².